The smallest absolute Gasteiger partial charge is 0.0466 e. The molecule has 1 aliphatic carbocycles. The van der Waals surface area contributed by atoms with Crippen molar-refractivity contribution in [3.8, 4) is 0 Å². The van der Waals surface area contributed by atoms with Crippen molar-refractivity contribution in [3.05, 3.63) is 107 Å². The van der Waals surface area contributed by atoms with E-state index in [4.69, 9.17) is 5.73 Å². The molecule has 2 aromatic rings. The van der Waals surface area contributed by atoms with E-state index in [0.29, 0.717) is 5.92 Å². The molecule has 0 amide bonds. The monoisotopic (exact) mass is 329 g/mol. The Morgan fingerprint density at radius 1 is 1.00 bits per heavy atom. The Balaban J connectivity index is 2.27. The predicted molar refractivity (Wildman–Crippen MR) is 107 cm³/mol. The van der Waals surface area contributed by atoms with Crippen LogP contribution in [0.15, 0.2) is 84.6 Å². The normalized spacial score (nSPS) is 19.6. The molecule has 0 aromatic heterocycles. The summed E-state index contributed by atoms with van der Waals surface area (Å²) in [4.78, 5) is 0. The lowest BCUT2D eigenvalue weighted by Crippen LogP contribution is -2.35. The molecular weight excluding hydrogens is 302 g/mol. The molecular formula is C24H27N. The van der Waals surface area contributed by atoms with E-state index in [0.717, 1.165) is 6.42 Å². The second kappa shape index (κ2) is 7.14. The number of hydrogen-bond donors (Lipinski definition) is 1. The first-order valence-corrected chi connectivity index (χ1v) is 8.95. The molecule has 2 atom stereocenters. The maximum Gasteiger partial charge on any atom is 0.0466 e. The maximum absolute atomic E-state index is 5.98. The minimum absolute atomic E-state index is 0.262. The van der Waals surface area contributed by atoms with Crippen LogP contribution in [-0.2, 0) is 5.41 Å². The van der Waals surface area contributed by atoms with Crippen LogP contribution in [0.3, 0.4) is 0 Å². The standard InChI is InChI=1S/C24H27N/c1-18-8-12-21(13-9-18)24(16-17-25,22-14-10-19(2)11-15-22)23-7-5-4-6-20(23)3/h4-14,16-17,22H,15,25H2,1-3H3. The van der Waals surface area contributed by atoms with Crippen molar-refractivity contribution in [1.29, 1.82) is 0 Å². The third-order valence-electron chi connectivity index (χ3n) is 5.35. The largest absolute Gasteiger partial charge is 0.405 e. The highest BCUT2D eigenvalue weighted by Crippen LogP contribution is 2.45. The van der Waals surface area contributed by atoms with Gasteiger partial charge in [-0.25, -0.2) is 0 Å². The first-order valence-electron chi connectivity index (χ1n) is 8.95. The Kier molecular flexibility index (Phi) is 4.94. The van der Waals surface area contributed by atoms with E-state index in [-0.39, 0.29) is 5.41 Å². The van der Waals surface area contributed by atoms with Crippen LogP contribution >= 0.6 is 0 Å². The van der Waals surface area contributed by atoms with Crippen molar-refractivity contribution in [2.45, 2.75) is 32.6 Å². The van der Waals surface area contributed by atoms with Crippen LogP contribution in [0, 0.1) is 19.8 Å². The Hall–Kier alpha value is -2.54. The second-order valence-corrected chi connectivity index (χ2v) is 7.06. The van der Waals surface area contributed by atoms with Crippen molar-refractivity contribution in [3.63, 3.8) is 0 Å². The Morgan fingerprint density at radius 2 is 1.72 bits per heavy atom. The Labute approximate surface area is 151 Å². The molecule has 0 radical (unpaired) electrons. The third-order valence-corrected chi connectivity index (χ3v) is 5.35. The molecule has 2 aromatic carbocycles. The first-order chi connectivity index (χ1) is 12.1. The summed E-state index contributed by atoms with van der Waals surface area (Å²) >= 11 is 0. The molecule has 1 heteroatoms. The van der Waals surface area contributed by atoms with Crippen LogP contribution < -0.4 is 5.73 Å². The van der Waals surface area contributed by atoms with Crippen LogP contribution in [0.4, 0.5) is 0 Å². The summed E-state index contributed by atoms with van der Waals surface area (Å²) in [6.45, 7) is 6.48. The lowest BCUT2D eigenvalue weighted by Gasteiger charge is -2.40. The van der Waals surface area contributed by atoms with E-state index in [1.165, 1.54) is 27.8 Å². The fourth-order valence-corrected chi connectivity index (χ4v) is 3.96. The van der Waals surface area contributed by atoms with Crippen molar-refractivity contribution >= 4 is 0 Å². The molecule has 1 aliphatic rings. The molecule has 3 rings (SSSR count). The van der Waals surface area contributed by atoms with Gasteiger partial charge in [0.2, 0.25) is 0 Å². The van der Waals surface area contributed by atoms with Crippen molar-refractivity contribution in [2.24, 2.45) is 11.7 Å². The highest BCUT2D eigenvalue weighted by atomic mass is 14.5. The van der Waals surface area contributed by atoms with E-state index < -0.39 is 0 Å². The van der Waals surface area contributed by atoms with Gasteiger partial charge in [0, 0.05) is 5.41 Å². The highest BCUT2D eigenvalue weighted by Gasteiger charge is 2.39. The minimum atomic E-state index is -0.262. The van der Waals surface area contributed by atoms with E-state index >= 15 is 0 Å². The molecule has 0 aliphatic heterocycles. The van der Waals surface area contributed by atoms with Crippen LogP contribution in [-0.4, -0.2) is 0 Å². The topological polar surface area (TPSA) is 26.0 Å². The fraction of sp³-hybridized carbons (Fsp3) is 0.250. The van der Waals surface area contributed by atoms with E-state index in [1.54, 1.807) is 6.20 Å². The zero-order valence-electron chi connectivity index (χ0n) is 15.4. The van der Waals surface area contributed by atoms with Crippen LogP contribution in [0.2, 0.25) is 0 Å². The summed E-state index contributed by atoms with van der Waals surface area (Å²) < 4.78 is 0. The summed E-state index contributed by atoms with van der Waals surface area (Å²) in [6, 6.07) is 17.6. The van der Waals surface area contributed by atoms with Crippen molar-refractivity contribution in [1.82, 2.24) is 0 Å². The van der Waals surface area contributed by atoms with Crippen LogP contribution in [0.5, 0.6) is 0 Å². The lowest BCUT2D eigenvalue weighted by atomic mass is 9.62. The number of hydrogen-bond acceptors (Lipinski definition) is 1. The van der Waals surface area contributed by atoms with Gasteiger partial charge in [-0.1, -0.05) is 84.0 Å². The molecule has 2 unspecified atom stereocenters. The van der Waals surface area contributed by atoms with E-state index in [2.05, 4.69) is 93.6 Å². The van der Waals surface area contributed by atoms with Gasteiger partial charge in [0.05, 0.1) is 0 Å². The molecule has 1 nitrogen and oxygen atoms in total. The fourth-order valence-electron chi connectivity index (χ4n) is 3.96. The Morgan fingerprint density at radius 3 is 2.32 bits per heavy atom. The molecule has 25 heavy (non-hydrogen) atoms. The number of allylic oxidation sites excluding steroid dienone is 5. The third kappa shape index (κ3) is 3.19. The van der Waals surface area contributed by atoms with E-state index in [1.807, 2.05) is 0 Å². The van der Waals surface area contributed by atoms with E-state index in [9.17, 15) is 0 Å². The minimum Gasteiger partial charge on any atom is -0.405 e. The predicted octanol–water partition coefficient (Wildman–Crippen LogP) is 5.58. The lowest BCUT2D eigenvalue weighted by molar-refractivity contribution is 0.459. The van der Waals surface area contributed by atoms with Crippen LogP contribution in [0.25, 0.3) is 0 Å². The maximum atomic E-state index is 5.98. The summed E-state index contributed by atoms with van der Waals surface area (Å²) in [6.07, 6.45) is 11.8. The highest BCUT2D eigenvalue weighted by molar-refractivity contribution is 5.51. The molecule has 2 N–H and O–H groups in total. The average molecular weight is 329 g/mol. The summed E-state index contributed by atoms with van der Waals surface area (Å²) in [5.74, 6) is 0.333. The molecule has 0 saturated carbocycles. The molecule has 128 valence electrons. The second-order valence-electron chi connectivity index (χ2n) is 7.06. The quantitative estimate of drug-likeness (QED) is 0.778. The number of benzene rings is 2. The SMILES string of the molecule is CC1=CCC(C(C=CN)(c2ccc(C)cc2)c2ccccc2C)C=C1. The van der Waals surface area contributed by atoms with Gasteiger partial charge in [-0.15, -0.1) is 0 Å². The zero-order chi connectivity index (χ0) is 17.9. The summed E-state index contributed by atoms with van der Waals surface area (Å²) in [5, 5.41) is 0. The van der Waals surface area contributed by atoms with Crippen molar-refractivity contribution < 1.29 is 0 Å². The van der Waals surface area contributed by atoms with Gasteiger partial charge in [0.25, 0.3) is 0 Å². The van der Waals surface area contributed by atoms with Gasteiger partial charge in [-0.2, -0.15) is 0 Å². The zero-order valence-corrected chi connectivity index (χ0v) is 15.4. The van der Waals surface area contributed by atoms with Gasteiger partial charge < -0.3 is 5.73 Å². The van der Waals surface area contributed by atoms with Gasteiger partial charge >= 0.3 is 0 Å². The molecule has 0 fully saturated rings. The van der Waals surface area contributed by atoms with Gasteiger partial charge in [0.15, 0.2) is 0 Å². The number of nitrogens with two attached hydrogens (primary N) is 1. The van der Waals surface area contributed by atoms with Gasteiger partial charge in [-0.3, -0.25) is 0 Å². The van der Waals surface area contributed by atoms with Crippen molar-refractivity contribution in [2.75, 3.05) is 0 Å². The molecule has 0 spiro atoms. The average Bonchev–Trinajstić information content (AvgIpc) is 2.62. The summed E-state index contributed by atoms with van der Waals surface area (Å²) in [7, 11) is 0. The Bertz CT molecular complexity index is 823. The number of rotatable bonds is 4. The van der Waals surface area contributed by atoms with Crippen LogP contribution in [0.1, 0.15) is 35.6 Å². The number of aryl methyl sites for hydroxylation is 2. The molecule has 0 heterocycles. The van der Waals surface area contributed by atoms with Gasteiger partial charge in [0.1, 0.15) is 0 Å². The molecule has 0 bridgehead atoms. The molecule has 0 saturated heterocycles. The van der Waals surface area contributed by atoms with Gasteiger partial charge in [-0.05, 0) is 56.0 Å². The summed E-state index contributed by atoms with van der Waals surface area (Å²) in [5.41, 5.74) is 12.2. The first kappa shape index (κ1) is 17.3.